The van der Waals surface area contributed by atoms with Crippen molar-refractivity contribution in [3.63, 3.8) is 0 Å². The van der Waals surface area contributed by atoms with Gasteiger partial charge in [-0.05, 0) is 25.3 Å². The number of esters is 1. The van der Waals surface area contributed by atoms with Crippen LogP contribution in [0, 0.1) is 0 Å². The Morgan fingerprint density at radius 2 is 1.64 bits per heavy atom. The highest BCUT2D eigenvalue weighted by molar-refractivity contribution is 5.81. The van der Waals surface area contributed by atoms with Crippen molar-refractivity contribution < 1.29 is 42.7 Å². The van der Waals surface area contributed by atoms with Gasteiger partial charge in [-0.2, -0.15) is 0 Å². The van der Waals surface area contributed by atoms with Crippen molar-refractivity contribution in [1.29, 1.82) is 0 Å². The van der Waals surface area contributed by atoms with Gasteiger partial charge >= 0.3 is 5.97 Å². The predicted molar refractivity (Wildman–Crippen MR) is 153 cm³/mol. The largest absolute Gasteiger partial charge is 0.469 e. The van der Waals surface area contributed by atoms with E-state index in [1.807, 2.05) is 67.6 Å². The molecule has 2 aliphatic rings. The van der Waals surface area contributed by atoms with E-state index >= 15 is 0 Å². The van der Waals surface area contributed by atoms with Crippen LogP contribution in [0.4, 0.5) is 0 Å². The first-order valence-corrected chi connectivity index (χ1v) is 14.6. The van der Waals surface area contributed by atoms with Gasteiger partial charge in [-0.15, -0.1) is 0 Å². The molecule has 0 saturated carbocycles. The molecule has 1 amide bonds. The molecule has 2 aromatic carbocycles. The number of ether oxygens (including phenoxy) is 7. The number of nitrogens with one attached hydrogen (secondary N) is 1. The van der Waals surface area contributed by atoms with Crippen LogP contribution in [0.1, 0.15) is 56.4 Å². The van der Waals surface area contributed by atoms with E-state index in [0.717, 1.165) is 30.4 Å². The summed E-state index contributed by atoms with van der Waals surface area (Å²) < 4.78 is 41.2. The molecule has 230 valence electrons. The molecule has 2 saturated heterocycles. The Balaban J connectivity index is 1.40. The zero-order chi connectivity index (χ0) is 29.7. The van der Waals surface area contributed by atoms with Crippen LogP contribution in [-0.4, -0.2) is 76.1 Å². The number of hydrogen-bond acceptors (Lipinski definition) is 9. The first-order valence-electron chi connectivity index (χ1n) is 14.6. The number of methoxy groups -OCH3 is 2. The molecule has 10 heteroatoms. The molecule has 1 N–H and O–H groups in total. The van der Waals surface area contributed by atoms with Crippen molar-refractivity contribution in [2.45, 2.75) is 88.7 Å². The maximum absolute atomic E-state index is 13.5. The average molecular weight is 586 g/mol. The maximum atomic E-state index is 13.5. The fourth-order valence-corrected chi connectivity index (χ4v) is 5.17. The van der Waals surface area contributed by atoms with Gasteiger partial charge in [0.15, 0.2) is 12.6 Å². The summed E-state index contributed by atoms with van der Waals surface area (Å²) in [6, 6.07) is 18.9. The normalized spacial score (nSPS) is 27.7. The van der Waals surface area contributed by atoms with Gasteiger partial charge in [0.25, 0.3) is 0 Å². The van der Waals surface area contributed by atoms with Crippen molar-refractivity contribution in [1.82, 2.24) is 5.32 Å². The molecule has 0 spiro atoms. The number of carbonyl (C=O) groups excluding carboxylic acids is 2. The predicted octanol–water partition coefficient (Wildman–Crippen LogP) is 4.07. The zero-order valence-electron chi connectivity index (χ0n) is 24.6. The van der Waals surface area contributed by atoms with Crippen LogP contribution in [0.25, 0.3) is 0 Å². The summed E-state index contributed by atoms with van der Waals surface area (Å²) in [4.78, 5) is 24.9. The van der Waals surface area contributed by atoms with Gasteiger partial charge in [0.1, 0.15) is 18.3 Å². The summed E-state index contributed by atoms with van der Waals surface area (Å²) in [5.41, 5.74) is 1.86. The molecule has 2 fully saturated rings. The smallest absolute Gasteiger partial charge is 0.305 e. The lowest BCUT2D eigenvalue weighted by atomic mass is 9.95. The minimum absolute atomic E-state index is 0.215. The summed E-state index contributed by atoms with van der Waals surface area (Å²) in [6.07, 6.45) is -0.481. The molecule has 0 bridgehead atoms. The number of rotatable bonds is 14. The van der Waals surface area contributed by atoms with E-state index < -0.39 is 43.0 Å². The summed E-state index contributed by atoms with van der Waals surface area (Å²) in [5, 5.41) is 3.13. The Bertz CT molecular complexity index is 1090. The third-order valence-corrected chi connectivity index (χ3v) is 7.50. The number of amides is 1. The van der Waals surface area contributed by atoms with Crippen LogP contribution in [0.3, 0.4) is 0 Å². The second kappa shape index (κ2) is 16.7. The molecule has 42 heavy (non-hydrogen) atoms. The van der Waals surface area contributed by atoms with Crippen molar-refractivity contribution >= 4 is 11.9 Å². The molecule has 4 rings (SSSR count). The van der Waals surface area contributed by atoms with Crippen LogP contribution in [0.2, 0.25) is 0 Å². The van der Waals surface area contributed by atoms with Gasteiger partial charge in [-0.25, -0.2) is 0 Å². The quantitative estimate of drug-likeness (QED) is 0.259. The van der Waals surface area contributed by atoms with Crippen LogP contribution in [0.5, 0.6) is 0 Å². The summed E-state index contributed by atoms with van der Waals surface area (Å²) in [6.45, 7) is 3.05. The number of hydrogen-bond donors (Lipinski definition) is 1. The topological polar surface area (TPSA) is 111 Å². The average Bonchev–Trinajstić information content (AvgIpc) is 3.03. The fourth-order valence-electron chi connectivity index (χ4n) is 5.17. The van der Waals surface area contributed by atoms with Crippen molar-refractivity contribution in [3.8, 4) is 0 Å². The monoisotopic (exact) mass is 585 g/mol. The molecule has 0 unspecified atom stereocenters. The minimum atomic E-state index is -0.693. The molecule has 0 radical (unpaired) electrons. The standard InChI is InChI=1S/C32H43NO9/c1-22-27(33-30(35)25-18-20-39-31(42-25)24-15-9-5-10-16-24)28(40-21-23-13-7-4-8-14-23)29(37-3)32(41-22)38-19-12-6-11-17-26(34)36-2/h4-5,7-10,13-16,22,25,27-29,31-32H,6,11-12,17-21H2,1-3H3,(H,33,35)/t22-,25-,27-,28+,29+,31-,32+/m1/s1. The lowest BCUT2D eigenvalue weighted by molar-refractivity contribution is -0.286. The van der Waals surface area contributed by atoms with Gasteiger partial charge in [0, 0.05) is 32.1 Å². The highest BCUT2D eigenvalue weighted by Gasteiger charge is 2.47. The number of benzene rings is 2. The summed E-state index contributed by atoms with van der Waals surface area (Å²) in [7, 11) is 2.97. The lowest BCUT2D eigenvalue weighted by Crippen LogP contribution is -2.65. The van der Waals surface area contributed by atoms with Crippen molar-refractivity contribution in [3.05, 3.63) is 71.8 Å². The SMILES string of the molecule is COC(=O)CCCCCO[C@H]1O[C@H](C)[C@@H](NC(=O)[C@H]2CCO[C@@H](c3ccccc3)O2)[C@H](OCc2ccccc2)[C@@H]1OC. The Hall–Kier alpha value is -2.86. The Morgan fingerprint density at radius 1 is 0.905 bits per heavy atom. The molecule has 2 aliphatic heterocycles. The van der Waals surface area contributed by atoms with Gasteiger partial charge < -0.3 is 38.5 Å². The molecule has 0 aliphatic carbocycles. The summed E-state index contributed by atoms with van der Waals surface area (Å²) in [5.74, 6) is -0.471. The molecule has 7 atom stereocenters. The van der Waals surface area contributed by atoms with E-state index in [1.165, 1.54) is 7.11 Å². The first-order chi connectivity index (χ1) is 20.5. The van der Waals surface area contributed by atoms with Gasteiger partial charge in [-0.3, -0.25) is 9.59 Å². The molecular formula is C32H43NO9. The molecule has 2 heterocycles. The lowest BCUT2D eigenvalue weighted by Gasteiger charge is -2.45. The minimum Gasteiger partial charge on any atom is -0.469 e. The molecule has 0 aromatic heterocycles. The third kappa shape index (κ3) is 9.07. The van der Waals surface area contributed by atoms with E-state index in [0.29, 0.717) is 32.7 Å². The zero-order valence-corrected chi connectivity index (χ0v) is 24.6. The van der Waals surface area contributed by atoms with Crippen LogP contribution in [0.15, 0.2) is 60.7 Å². The van der Waals surface area contributed by atoms with E-state index in [-0.39, 0.29) is 11.9 Å². The van der Waals surface area contributed by atoms with Gasteiger partial charge in [0.2, 0.25) is 5.91 Å². The van der Waals surface area contributed by atoms with Crippen LogP contribution >= 0.6 is 0 Å². The van der Waals surface area contributed by atoms with E-state index in [4.69, 9.17) is 33.2 Å². The highest BCUT2D eigenvalue weighted by atomic mass is 16.7. The van der Waals surface area contributed by atoms with Gasteiger partial charge in [0.05, 0.1) is 32.5 Å². The maximum Gasteiger partial charge on any atom is 0.305 e. The molecule has 10 nitrogen and oxygen atoms in total. The second-order valence-corrected chi connectivity index (χ2v) is 10.5. The van der Waals surface area contributed by atoms with Crippen molar-refractivity contribution in [2.75, 3.05) is 27.4 Å². The first kappa shape index (κ1) is 32.1. The third-order valence-electron chi connectivity index (χ3n) is 7.50. The summed E-state index contributed by atoms with van der Waals surface area (Å²) >= 11 is 0. The van der Waals surface area contributed by atoms with E-state index in [9.17, 15) is 9.59 Å². The number of unbranched alkanes of at least 4 members (excludes halogenated alkanes) is 2. The number of carbonyl (C=O) groups is 2. The van der Waals surface area contributed by atoms with Crippen LogP contribution < -0.4 is 5.32 Å². The van der Waals surface area contributed by atoms with E-state index in [1.54, 1.807) is 7.11 Å². The molecule has 2 aromatic rings. The van der Waals surface area contributed by atoms with E-state index in [2.05, 4.69) is 5.32 Å². The van der Waals surface area contributed by atoms with Crippen molar-refractivity contribution in [2.24, 2.45) is 0 Å². The Morgan fingerprint density at radius 3 is 2.36 bits per heavy atom. The second-order valence-electron chi connectivity index (χ2n) is 10.5. The Labute approximate surface area is 247 Å². The fraction of sp³-hybridized carbons (Fsp3) is 0.562. The van der Waals surface area contributed by atoms with Gasteiger partial charge in [-0.1, -0.05) is 67.1 Å². The Kier molecular flexibility index (Phi) is 12.7. The highest BCUT2D eigenvalue weighted by Crippen LogP contribution is 2.30. The molecular weight excluding hydrogens is 542 g/mol. The van der Waals surface area contributed by atoms with Crippen LogP contribution in [-0.2, 0) is 49.4 Å².